The highest BCUT2D eigenvalue weighted by atomic mass is 79.9. The fraction of sp³-hybridized carbons (Fsp3) is 0.0435. The molecule has 160 valence electrons. The van der Waals surface area contributed by atoms with Crippen molar-refractivity contribution in [3.05, 3.63) is 104 Å². The number of ether oxygens (including phenoxy) is 1. The molecule has 1 N–H and O–H groups in total. The fourth-order valence-electron chi connectivity index (χ4n) is 3.16. The lowest BCUT2D eigenvalue weighted by Crippen LogP contribution is -2.35. The number of amides is 2. The molecule has 8 nitrogen and oxygen atoms in total. The monoisotopic (exact) mass is 493 g/mol. The maximum Gasteiger partial charge on any atom is 0.282 e. The Labute approximate surface area is 191 Å². The SMILES string of the molecule is O=C1NN(c2ccccc2)C(=O)C1=Cc1cc(Br)ccc1OCc1cccc([N+](=O)[O-])c1. The van der Waals surface area contributed by atoms with Crippen molar-refractivity contribution in [2.24, 2.45) is 0 Å². The molecule has 1 aliphatic heterocycles. The minimum atomic E-state index is -0.525. The van der Waals surface area contributed by atoms with E-state index in [4.69, 9.17) is 4.74 Å². The lowest BCUT2D eigenvalue weighted by atomic mass is 10.1. The Balaban J connectivity index is 1.60. The number of para-hydroxylation sites is 1. The normalized spacial score (nSPS) is 14.5. The molecule has 4 rings (SSSR count). The number of carbonyl (C=O) groups is 2. The number of nitro benzene ring substituents is 1. The Kier molecular flexibility index (Phi) is 6.00. The minimum Gasteiger partial charge on any atom is -0.488 e. The second-order valence-corrected chi connectivity index (χ2v) is 7.79. The summed E-state index contributed by atoms with van der Waals surface area (Å²) in [6.07, 6.45) is 1.47. The molecular formula is C23H16BrN3O5. The van der Waals surface area contributed by atoms with Gasteiger partial charge in [0.15, 0.2) is 0 Å². The van der Waals surface area contributed by atoms with Gasteiger partial charge in [0.1, 0.15) is 17.9 Å². The van der Waals surface area contributed by atoms with Gasteiger partial charge in [-0.25, -0.2) is 5.01 Å². The minimum absolute atomic E-state index is 0.0292. The zero-order valence-electron chi connectivity index (χ0n) is 16.5. The topological polar surface area (TPSA) is 102 Å². The van der Waals surface area contributed by atoms with E-state index in [0.29, 0.717) is 22.6 Å². The van der Waals surface area contributed by atoms with Crippen LogP contribution in [0.4, 0.5) is 11.4 Å². The summed E-state index contributed by atoms with van der Waals surface area (Å²) in [4.78, 5) is 35.9. The first kappa shape index (κ1) is 21.3. The lowest BCUT2D eigenvalue weighted by Gasteiger charge is -2.14. The number of non-ortho nitro benzene ring substituents is 1. The fourth-order valence-corrected chi connectivity index (χ4v) is 3.54. The Morgan fingerprint density at radius 3 is 2.56 bits per heavy atom. The Morgan fingerprint density at radius 2 is 1.81 bits per heavy atom. The van der Waals surface area contributed by atoms with Crippen LogP contribution in [-0.2, 0) is 16.2 Å². The highest BCUT2D eigenvalue weighted by molar-refractivity contribution is 9.10. The molecule has 1 saturated heterocycles. The van der Waals surface area contributed by atoms with Crippen LogP contribution < -0.4 is 15.2 Å². The van der Waals surface area contributed by atoms with E-state index in [2.05, 4.69) is 21.4 Å². The molecule has 3 aromatic rings. The van der Waals surface area contributed by atoms with Crippen LogP contribution in [0.3, 0.4) is 0 Å². The van der Waals surface area contributed by atoms with Gasteiger partial charge in [0.2, 0.25) is 0 Å². The van der Waals surface area contributed by atoms with Gasteiger partial charge in [0, 0.05) is 22.2 Å². The number of nitrogens with zero attached hydrogens (tertiary/aromatic N) is 2. The number of hydrogen-bond acceptors (Lipinski definition) is 5. The van der Waals surface area contributed by atoms with Crippen LogP contribution in [0.5, 0.6) is 5.75 Å². The molecule has 1 aliphatic rings. The third-order valence-corrected chi connectivity index (χ3v) is 5.19. The molecule has 32 heavy (non-hydrogen) atoms. The molecular weight excluding hydrogens is 478 g/mol. The molecule has 2 amide bonds. The van der Waals surface area contributed by atoms with Crippen molar-refractivity contribution in [1.82, 2.24) is 5.43 Å². The number of rotatable bonds is 6. The molecule has 1 fully saturated rings. The Hall–Kier alpha value is -3.98. The van der Waals surface area contributed by atoms with Crippen molar-refractivity contribution in [3.63, 3.8) is 0 Å². The van der Waals surface area contributed by atoms with E-state index >= 15 is 0 Å². The van der Waals surface area contributed by atoms with Crippen molar-refractivity contribution in [3.8, 4) is 5.75 Å². The van der Waals surface area contributed by atoms with Gasteiger partial charge in [0.05, 0.1) is 10.6 Å². The summed E-state index contributed by atoms with van der Waals surface area (Å²) in [7, 11) is 0. The number of halogens is 1. The number of nitrogens with one attached hydrogen (secondary N) is 1. The highest BCUT2D eigenvalue weighted by Gasteiger charge is 2.34. The largest absolute Gasteiger partial charge is 0.488 e. The summed E-state index contributed by atoms with van der Waals surface area (Å²) < 4.78 is 6.59. The number of nitro groups is 1. The zero-order valence-corrected chi connectivity index (χ0v) is 18.1. The first-order valence-corrected chi connectivity index (χ1v) is 10.3. The van der Waals surface area contributed by atoms with Gasteiger partial charge in [-0.2, -0.15) is 0 Å². The van der Waals surface area contributed by atoms with Crippen molar-refractivity contribution in [2.75, 3.05) is 5.01 Å². The van der Waals surface area contributed by atoms with E-state index in [0.717, 1.165) is 4.47 Å². The Morgan fingerprint density at radius 1 is 1.03 bits per heavy atom. The maximum absolute atomic E-state index is 12.9. The molecule has 0 aromatic heterocycles. The van der Waals surface area contributed by atoms with Gasteiger partial charge >= 0.3 is 0 Å². The first-order valence-electron chi connectivity index (χ1n) is 9.50. The van der Waals surface area contributed by atoms with Gasteiger partial charge in [-0.05, 0) is 42.0 Å². The van der Waals surface area contributed by atoms with Crippen LogP contribution in [0.2, 0.25) is 0 Å². The van der Waals surface area contributed by atoms with Crippen molar-refractivity contribution in [1.29, 1.82) is 0 Å². The third-order valence-electron chi connectivity index (χ3n) is 4.69. The zero-order chi connectivity index (χ0) is 22.7. The summed E-state index contributed by atoms with van der Waals surface area (Å²) in [6, 6.07) is 20.1. The molecule has 3 aromatic carbocycles. The Bertz CT molecular complexity index is 1240. The number of hydrogen-bond donors (Lipinski definition) is 1. The summed E-state index contributed by atoms with van der Waals surface area (Å²) in [5.41, 5.74) is 4.17. The van der Waals surface area contributed by atoms with Crippen LogP contribution in [0.25, 0.3) is 6.08 Å². The van der Waals surface area contributed by atoms with Crippen LogP contribution in [0.15, 0.2) is 82.8 Å². The lowest BCUT2D eigenvalue weighted by molar-refractivity contribution is -0.384. The van der Waals surface area contributed by atoms with Gasteiger partial charge in [-0.3, -0.25) is 25.1 Å². The molecule has 0 radical (unpaired) electrons. The van der Waals surface area contributed by atoms with E-state index < -0.39 is 16.7 Å². The second kappa shape index (κ2) is 9.03. The predicted octanol–water partition coefficient (Wildman–Crippen LogP) is 4.40. The van der Waals surface area contributed by atoms with Crippen molar-refractivity contribution >= 4 is 45.2 Å². The summed E-state index contributed by atoms with van der Waals surface area (Å²) >= 11 is 3.39. The van der Waals surface area contributed by atoms with E-state index in [1.165, 1.54) is 23.2 Å². The number of carbonyl (C=O) groups excluding carboxylic acids is 2. The third kappa shape index (κ3) is 4.52. The summed E-state index contributed by atoms with van der Waals surface area (Å²) in [5, 5.41) is 12.2. The molecule has 0 spiro atoms. The van der Waals surface area contributed by atoms with E-state index in [-0.39, 0.29) is 17.9 Å². The second-order valence-electron chi connectivity index (χ2n) is 6.87. The molecule has 0 saturated carbocycles. The number of hydrazine groups is 1. The number of anilines is 1. The molecule has 0 unspecified atom stereocenters. The molecule has 0 aliphatic carbocycles. The quantitative estimate of drug-likeness (QED) is 0.237. The number of benzene rings is 3. The smallest absolute Gasteiger partial charge is 0.282 e. The summed E-state index contributed by atoms with van der Waals surface area (Å²) in [6.45, 7) is 0.0791. The van der Waals surface area contributed by atoms with E-state index in [9.17, 15) is 19.7 Å². The molecule has 0 atom stereocenters. The van der Waals surface area contributed by atoms with Gasteiger partial charge in [0.25, 0.3) is 17.5 Å². The van der Waals surface area contributed by atoms with E-state index in [1.54, 1.807) is 54.6 Å². The van der Waals surface area contributed by atoms with Crippen LogP contribution in [0.1, 0.15) is 11.1 Å². The first-order chi connectivity index (χ1) is 15.4. The van der Waals surface area contributed by atoms with Gasteiger partial charge in [-0.15, -0.1) is 0 Å². The molecule has 0 bridgehead atoms. The standard InChI is InChI=1S/C23H16BrN3O5/c24-17-9-10-21(32-14-15-5-4-8-19(11-15)27(30)31)16(12-17)13-20-22(28)25-26(23(20)29)18-6-2-1-3-7-18/h1-13H,14H2,(H,25,28). The van der Waals surface area contributed by atoms with Crippen LogP contribution in [0, 0.1) is 10.1 Å². The van der Waals surface area contributed by atoms with Crippen LogP contribution >= 0.6 is 15.9 Å². The highest BCUT2D eigenvalue weighted by Crippen LogP contribution is 2.29. The average Bonchev–Trinajstić information content (AvgIpc) is 3.07. The van der Waals surface area contributed by atoms with Gasteiger partial charge in [-0.1, -0.05) is 46.3 Å². The van der Waals surface area contributed by atoms with E-state index in [1.807, 2.05) is 6.07 Å². The molecule has 1 heterocycles. The summed E-state index contributed by atoms with van der Waals surface area (Å²) in [5.74, 6) is -0.583. The van der Waals surface area contributed by atoms with Crippen molar-refractivity contribution in [2.45, 2.75) is 6.61 Å². The molecule has 9 heteroatoms. The van der Waals surface area contributed by atoms with Gasteiger partial charge < -0.3 is 4.74 Å². The maximum atomic E-state index is 12.9. The average molecular weight is 494 g/mol. The van der Waals surface area contributed by atoms with Crippen LogP contribution in [-0.4, -0.2) is 16.7 Å². The van der Waals surface area contributed by atoms with Crippen molar-refractivity contribution < 1.29 is 19.2 Å². The predicted molar refractivity (Wildman–Crippen MR) is 122 cm³/mol.